The van der Waals surface area contributed by atoms with Gasteiger partial charge < -0.3 is 11.5 Å². The van der Waals surface area contributed by atoms with Gasteiger partial charge in [0, 0.05) is 0 Å². The summed E-state index contributed by atoms with van der Waals surface area (Å²) in [6, 6.07) is 1.79. The van der Waals surface area contributed by atoms with E-state index in [-0.39, 0.29) is 0 Å². The molecule has 0 radical (unpaired) electrons. The fourth-order valence-corrected chi connectivity index (χ4v) is 1.45. The zero-order chi connectivity index (χ0) is 6.85. The molecule has 0 unspecified atom stereocenters. The van der Waals surface area contributed by atoms with Crippen molar-refractivity contribution in [3.63, 3.8) is 0 Å². The van der Waals surface area contributed by atoms with Crippen molar-refractivity contribution >= 4 is 34.2 Å². The molecule has 0 aliphatic carbocycles. The standard InChI is InChI=1S/C5H6N2S2/c6-3-1-2-9-4(3)5(7)8/h1-2H,6H2,(H2,7,8). The Hall–Kier alpha value is -0.610. The van der Waals surface area contributed by atoms with Crippen LogP contribution < -0.4 is 11.5 Å². The van der Waals surface area contributed by atoms with Gasteiger partial charge in [0.05, 0.1) is 10.6 Å². The minimum atomic E-state index is 0.377. The summed E-state index contributed by atoms with van der Waals surface area (Å²) in [6.07, 6.45) is 0. The number of hydrogen-bond donors (Lipinski definition) is 2. The average Bonchev–Trinajstić information content (AvgIpc) is 2.13. The molecule has 0 aliphatic heterocycles. The highest BCUT2D eigenvalue weighted by Gasteiger charge is 2.00. The Balaban J connectivity index is 3.08. The molecule has 1 rings (SSSR count). The maximum atomic E-state index is 5.48. The van der Waals surface area contributed by atoms with Gasteiger partial charge in [-0.3, -0.25) is 0 Å². The van der Waals surface area contributed by atoms with Crippen LogP contribution >= 0.6 is 23.6 Å². The number of thiocarbonyl (C=S) groups is 1. The molecule has 0 aromatic carbocycles. The maximum absolute atomic E-state index is 5.48. The first-order chi connectivity index (χ1) is 4.22. The summed E-state index contributed by atoms with van der Waals surface area (Å²) in [4.78, 5) is 1.19. The Bertz CT molecular complexity index is 229. The largest absolute Gasteiger partial charge is 0.397 e. The first-order valence-electron chi connectivity index (χ1n) is 2.34. The Kier molecular flexibility index (Phi) is 1.68. The van der Waals surface area contributed by atoms with E-state index in [0.717, 1.165) is 4.88 Å². The van der Waals surface area contributed by atoms with E-state index >= 15 is 0 Å². The Morgan fingerprint density at radius 3 is 2.56 bits per heavy atom. The van der Waals surface area contributed by atoms with Gasteiger partial charge in [0.25, 0.3) is 0 Å². The summed E-state index contributed by atoms with van der Waals surface area (Å²) in [7, 11) is 0. The molecule has 0 saturated heterocycles. The highest BCUT2D eigenvalue weighted by molar-refractivity contribution is 7.81. The first kappa shape index (κ1) is 6.51. The fraction of sp³-hybridized carbons (Fsp3) is 0. The second kappa shape index (κ2) is 2.33. The molecule has 1 aromatic heterocycles. The van der Waals surface area contributed by atoms with Crippen LogP contribution in [0.15, 0.2) is 11.4 Å². The average molecular weight is 158 g/mol. The van der Waals surface area contributed by atoms with Crippen molar-refractivity contribution < 1.29 is 0 Å². The van der Waals surface area contributed by atoms with Crippen molar-refractivity contribution in [3.05, 3.63) is 16.3 Å². The number of nitrogen functional groups attached to an aromatic ring is 1. The topological polar surface area (TPSA) is 52.0 Å². The van der Waals surface area contributed by atoms with Gasteiger partial charge in [0.15, 0.2) is 0 Å². The van der Waals surface area contributed by atoms with Crippen LogP contribution in [0.5, 0.6) is 0 Å². The normalized spacial score (nSPS) is 9.33. The molecule has 0 fully saturated rings. The number of nitrogens with two attached hydrogens (primary N) is 2. The second-order valence-electron chi connectivity index (χ2n) is 1.57. The minimum Gasteiger partial charge on any atom is -0.397 e. The third kappa shape index (κ3) is 1.20. The SMILES string of the molecule is NC(=S)c1sccc1N. The van der Waals surface area contributed by atoms with E-state index < -0.39 is 0 Å². The highest BCUT2D eigenvalue weighted by Crippen LogP contribution is 2.17. The smallest absolute Gasteiger partial charge is 0.116 e. The van der Waals surface area contributed by atoms with Gasteiger partial charge in [-0.2, -0.15) is 0 Å². The van der Waals surface area contributed by atoms with Crippen LogP contribution in [0, 0.1) is 0 Å². The van der Waals surface area contributed by atoms with Crippen molar-refractivity contribution in [2.24, 2.45) is 5.73 Å². The van der Waals surface area contributed by atoms with Crippen molar-refractivity contribution in [1.29, 1.82) is 0 Å². The third-order valence-corrected chi connectivity index (χ3v) is 2.22. The zero-order valence-electron chi connectivity index (χ0n) is 4.63. The van der Waals surface area contributed by atoms with Crippen LogP contribution in [0.2, 0.25) is 0 Å². The van der Waals surface area contributed by atoms with E-state index in [1.54, 1.807) is 6.07 Å². The van der Waals surface area contributed by atoms with Crippen molar-refractivity contribution in [2.75, 3.05) is 5.73 Å². The Labute approximate surface area is 62.5 Å². The summed E-state index contributed by atoms with van der Waals surface area (Å²) < 4.78 is 0. The lowest BCUT2D eigenvalue weighted by molar-refractivity contribution is 1.76. The molecule has 0 saturated carbocycles. The van der Waals surface area contributed by atoms with Crippen LogP contribution in [0.1, 0.15) is 4.88 Å². The number of rotatable bonds is 1. The van der Waals surface area contributed by atoms with E-state index in [1.807, 2.05) is 5.38 Å². The van der Waals surface area contributed by atoms with E-state index in [0.29, 0.717) is 10.7 Å². The lowest BCUT2D eigenvalue weighted by atomic mass is 10.4. The molecule has 4 heteroatoms. The molecule has 0 atom stereocenters. The van der Waals surface area contributed by atoms with Crippen LogP contribution in [0.3, 0.4) is 0 Å². The molecule has 0 spiro atoms. The molecular formula is C5H6N2S2. The van der Waals surface area contributed by atoms with Gasteiger partial charge in [0.2, 0.25) is 0 Å². The molecule has 0 aliphatic rings. The molecule has 4 N–H and O–H groups in total. The van der Waals surface area contributed by atoms with Crippen molar-refractivity contribution in [1.82, 2.24) is 0 Å². The molecule has 9 heavy (non-hydrogen) atoms. The Morgan fingerprint density at radius 1 is 1.67 bits per heavy atom. The highest BCUT2D eigenvalue weighted by atomic mass is 32.1. The predicted molar refractivity (Wildman–Crippen MR) is 44.6 cm³/mol. The zero-order valence-corrected chi connectivity index (χ0v) is 6.26. The van der Waals surface area contributed by atoms with Gasteiger partial charge >= 0.3 is 0 Å². The molecule has 1 heterocycles. The van der Waals surface area contributed by atoms with E-state index in [9.17, 15) is 0 Å². The van der Waals surface area contributed by atoms with Gasteiger partial charge in [-0.05, 0) is 11.4 Å². The van der Waals surface area contributed by atoms with Gasteiger partial charge in [-0.25, -0.2) is 0 Å². The summed E-state index contributed by atoms with van der Waals surface area (Å²) in [6.45, 7) is 0. The number of thiophene rings is 1. The Morgan fingerprint density at radius 2 is 2.33 bits per heavy atom. The van der Waals surface area contributed by atoms with Gasteiger partial charge in [-0.1, -0.05) is 12.2 Å². The molecule has 48 valence electrons. The monoisotopic (exact) mass is 158 g/mol. The molecule has 0 amide bonds. The maximum Gasteiger partial charge on any atom is 0.116 e. The molecule has 0 bridgehead atoms. The van der Waals surface area contributed by atoms with Crippen LogP contribution in [0.25, 0.3) is 0 Å². The van der Waals surface area contributed by atoms with Gasteiger partial charge in [0.1, 0.15) is 4.99 Å². The van der Waals surface area contributed by atoms with Crippen molar-refractivity contribution in [3.8, 4) is 0 Å². The van der Waals surface area contributed by atoms with Gasteiger partial charge in [-0.15, -0.1) is 11.3 Å². The molecule has 1 aromatic rings. The summed E-state index contributed by atoms with van der Waals surface area (Å²) >= 11 is 6.18. The number of anilines is 1. The van der Waals surface area contributed by atoms with Crippen LogP contribution in [-0.4, -0.2) is 4.99 Å². The quantitative estimate of drug-likeness (QED) is 0.599. The molecule has 2 nitrogen and oxygen atoms in total. The lowest BCUT2D eigenvalue weighted by Gasteiger charge is -1.91. The lowest BCUT2D eigenvalue weighted by Crippen LogP contribution is -2.08. The molecular weight excluding hydrogens is 152 g/mol. The number of hydrogen-bond acceptors (Lipinski definition) is 3. The van der Waals surface area contributed by atoms with E-state index in [1.165, 1.54) is 11.3 Å². The van der Waals surface area contributed by atoms with Crippen LogP contribution in [-0.2, 0) is 0 Å². The fourth-order valence-electron chi connectivity index (χ4n) is 0.519. The van der Waals surface area contributed by atoms with Crippen molar-refractivity contribution in [2.45, 2.75) is 0 Å². The summed E-state index contributed by atoms with van der Waals surface area (Å²) in [5.74, 6) is 0. The minimum absolute atomic E-state index is 0.377. The summed E-state index contributed by atoms with van der Waals surface area (Å²) in [5, 5.41) is 1.86. The predicted octanol–water partition coefficient (Wildman–Crippen LogP) is 0.965. The first-order valence-corrected chi connectivity index (χ1v) is 3.63. The van der Waals surface area contributed by atoms with Crippen LogP contribution in [0.4, 0.5) is 5.69 Å². The summed E-state index contributed by atoms with van der Waals surface area (Å²) in [5.41, 5.74) is 11.5. The van der Waals surface area contributed by atoms with E-state index in [2.05, 4.69) is 0 Å². The third-order valence-electron chi connectivity index (χ3n) is 0.919. The van der Waals surface area contributed by atoms with E-state index in [4.69, 9.17) is 23.7 Å². The second-order valence-corrected chi connectivity index (χ2v) is 2.93.